The molecule has 0 unspecified atom stereocenters. The number of rotatable bonds is 7. The van der Waals surface area contributed by atoms with E-state index in [1.54, 1.807) is 0 Å². The number of anilines is 2. The Balaban J connectivity index is 1.36. The molecule has 0 bridgehead atoms. The van der Waals surface area contributed by atoms with Crippen molar-refractivity contribution in [2.45, 2.75) is 53.0 Å². The third kappa shape index (κ3) is 4.56. The van der Waals surface area contributed by atoms with E-state index in [1.807, 2.05) is 29.6 Å². The van der Waals surface area contributed by atoms with E-state index in [1.165, 1.54) is 22.7 Å². The van der Waals surface area contributed by atoms with Crippen LogP contribution in [0.5, 0.6) is 0 Å². The van der Waals surface area contributed by atoms with Crippen molar-refractivity contribution in [3.8, 4) is 11.3 Å². The summed E-state index contributed by atoms with van der Waals surface area (Å²) in [6.45, 7) is 7.39. The molecule has 1 aromatic carbocycles. The minimum absolute atomic E-state index is 0.00882. The van der Waals surface area contributed by atoms with Gasteiger partial charge in [-0.3, -0.25) is 9.59 Å². The molecule has 2 N–H and O–H groups in total. The van der Waals surface area contributed by atoms with Gasteiger partial charge in [0.15, 0.2) is 5.13 Å². The number of amides is 2. The minimum atomic E-state index is -0.184. The van der Waals surface area contributed by atoms with E-state index < -0.39 is 0 Å². The molecule has 0 fully saturated rings. The van der Waals surface area contributed by atoms with Crippen molar-refractivity contribution in [1.82, 2.24) is 9.55 Å². The molecule has 0 radical (unpaired) electrons. The van der Waals surface area contributed by atoms with Gasteiger partial charge in [0, 0.05) is 46.9 Å². The number of carbonyl (C=O) groups excluding carboxylic acids is 2. The number of benzene rings is 1. The van der Waals surface area contributed by atoms with E-state index in [0.717, 1.165) is 35.5 Å². The highest BCUT2D eigenvalue weighted by molar-refractivity contribution is 7.14. The Morgan fingerprint density at radius 3 is 2.94 bits per heavy atom. The van der Waals surface area contributed by atoms with Gasteiger partial charge in [0.25, 0.3) is 0 Å². The molecule has 2 amide bonds. The van der Waals surface area contributed by atoms with Crippen LogP contribution in [0.15, 0.2) is 35.7 Å². The molecule has 7 heteroatoms. The Bertz CT molecular complexity index is 1110. The minimum Gasteiger partial charge on any atom is -0.348 e. The molecule has 31 heavy (non-hydrogen) atoms. The molecule has 3 aromatic rings. The van der Waals surface area contributed by atoms with Crippen molar-refractivity contribution >= 4 is 34.0 Å². The van der Waals surface area contributed by atoms with Crippen molar-refractivity contribution in [3.05, 3.63) is 52.7 Å². The van der Waals surface area contributed by atoms with Gasteiger partial charge in [0.2, 0.25) is 11.8 Å². The van der Waals surface area contributed by atoms with E-state index in [2.05, 4.69) is 47.0 Å². The topological polar surface area (TPSA) is 76.0 Å². The summed E-state index contributed by atoms with van der Waals surface area (Å²) in [4.78, 5) is 29.5. The Labute approximate surface area is 186 Å². The van der Waals surface area contributed by atoms with Crippen molar-refractivity contribution in [3.63, 3.8) is 0 Å². The summed E-state index contributed by atoms with van der Waals surface area (Å²) in [7, 11) is 0. The summed E-state index contributed by atoms with van der Waals surface area (Å²) in [6, 6.07) is 9.98. The van der Waals surface area contributed by atoms with Gasteiger partial charge in [-0.2, -0.15) is 0 Å². The standard InChI is InChI=1S/C24H28N4O2S/c1-4-11-28-15(2)12-19(16(28)3)21-14-31-24(26-21)27-22(29)10-9-18-13-17-7-5-6-8-20(17)25-23(18)30/h5-8,12,14,18H,4,9-11,13H2,1-3H3,(H,25,30)(H,26,27,29)/t18-/m0/s1. The summed E-state index contributed by atoms with van der Waals surface area (Å²) in [5.41, 5.74) is 6.42. The zero-order chi connectivity index (χ0) is 22.0. The molecule has 0 spiro atoms. The van der Waals surface area contributed by atoms with Crippen molar-refractivity contribution in [1.29, 1.82) is 0 Å². The Kier molecular flexibility index (Phi) is 6.23. The lowest BCUT2D eigenvalue weighted by Crippen LogP contribution is -2.30. The van der Waals surface area contributed by atoms with Crippen LogP contribution in [-0.2, 0) is 22.6 Å². The predicted molar refractivity (Wildman–Crippen MR) is 125 cm³/mol. The maximum Gasteiger partial charge on any atom is 0.227 e. The number of hydrogen-bond acceptors (Lipinski definition) is 4. The third-order valence-electron chi connectivity index (χ3n) is 5.88. The zero-order valence-corrected chi connectivity index (χ0v) is 19.0. The lowest BCUT2D eigenvalue weighted by molar-refractivity contribution is -0.121. The molecule has 1 aliphatic rings. The van der Waals surface area contributed by atoms with Gasteiger partial charge in [0.05, 0.1) is 5.69 Å². The molecule has 2 aromatic heterocycles. The molecule has 0 saturated carbocycles. The molecule has 6 nitrogen and oxygen atoms in total. The van der Waals surface area contributed by atoms with Crippen LogP contribution in [0.2, 0.25) is 0 Å². The monoisotopic (exact) mass is 436 g/mol. The van der Waals surface area contributed by atoms with Crippen LogP contribution < -0.4 is 10.6 Å². The number of nitrogens with zero attached hydrogens (tertiary/aromatic N) is 2. The average Bonchev–Trinajstić information content (AvgIpc) is 3.32. The quantitative estimate of drug-likeness (QED) is 0.537. The molecule has 0 aliphatic carbocycles. The van der Waals surface area contributed by atoms with E-state index in [-0.39, 0.29) is 17.7 Å². The molecule has 0 saturated heterocycles. The number of hydrogen-bond donors (Lipinski definition) is 2. The first kappa shape index (κ1) is 21.3. The Morgan fingerprint density at radius 1 is 1.32 bits per heavy atom. The summed E-state index contributed by atoms with van der Waals surface area (Å²) in [5, 5.41) is 8.43. The molecule has 162 valence electrons. The lowest BCUT2D eigenvalue weighted by atomic mass is 9.89. The van der Waals surface area contributed by atoms with E-state index in [4.69, 9.17) is 0 Å². The summed E-state index contributed by atoms with van der Waals surface area (Å²) in [6.07, 6.45) is 2.56. The largest absolute Gasteiger partial charge is 0.348 e. The second-order valence-electron chi connectivity index (χ2n) is 8.11. The fraction of sp³-hybridized carbons (Fsp3) is 0.375. The number of carbonyl (C=O) groups is 2. The van der Waals surface area contributed by atoms with Gasteiger partial charge in [0.1, 0.15) is 0 Å². The van der Waals surface area contributed by atoms with Gasteiger partial charge in [-0.05, 0) is 50.8 Å². The predicted octanol–water partition coefficient (Wildman–Crippen LogP) is 5.17. The maximum atomic E-state index is 12.5. The zero-order valence-electron chi connectivity index (χ0n) is 18.2. The van der Waals surface area contributed by atoms with Crippen LogP contribution in [0.3, 0.4) is 0 Å². The summed E-state index contributed by atoms with van der Waals surface area (Å²) in [5.74, 6) is -0.300. The second-order valence-corrected chi connectivity index (χ2v) is 8.97. The number of nitrogens with one attached hydrogen (secondary N) is 2. The molecule has 3 heterocycles. The molecular weight excluding hydrogens is 408 g/mol. The van der Waals surface area contributed by atoms with Gasteiger partial charge in [-0.1, -0.05) is 25.1 Å². The van der Waals surface area contributed by atoms with Gasteiger partial charge in [-0.15, -0.1) is 11.3 Å². The second kappa shape index (κ2) is 9.06. The first-order chi connectivity index (χ1) is 15.0. The first-order valence-electron chi connectivity index (χ1n) is 10.8. The fourth-order valence-electron chi connectivity index (χ4n) is 4.22. The van der Waals surface area contributed by atoms with Crippen LogP contribution >= 0.6 is 11.3 Å². The SMILES string of the molecule is CCCn1c(C)cc(-c2csc(NC(=O)CC[C@H]3Cc4ccccc4NC3=O)n2)c1C. The number of fused-ring (bicyclic) bond motifs is 1. The highest BCUT2D eigenvalue weighted by Gasteiger charge is 2.26. The highest BCUT2D eigenvalue weighted by atomic mass is 32.1. The number of thiazole rings is 1. The molecule has 1 atom stereocenters. The Morgan fingerprint density at radius 2 is 2.13 bits per heavy atom. The number of aromatic nitrogens is 2. The Hall–Kier alpha value is -2.93. The maximum absolute atomic E-state index is 12.5. The fourth-order valence-corrected chi connectivity index (χ4v) is 4.94. The normalized spacial score (nSPS) is 15.5. The van der Waals surface area contributed by atoms with Gasteiger partial charge in [-0.25, -0.2) is 4.98 Å². The molecule has 1 aliphatic heterocycles. The van der Waals surface area contributed by atoms with E-state index in [9.17, 15) is 9.59 Å². The van der Waals surface area contributed by atoms with Crippen LogP contribution in [0.4, 0.5) is 10.8 Å². The van der Waals surface area contributed by atoms with Crippen molar-refractivity contribution in [2.75, 3.05) is 10.6 Å². The smallest absolute Gasteiger partial charge is 0.227 e. The third-order valence-corrected chi connectivity index (χ3v) is 6.64. The number of para-hydroxylation sites is 1. The first-order valence-corrected chi connectivity index (χ1v) is 11.7. The molecule has 4 rings (SSSR count). The highest BCUT2D eigenvalue weighted by Crippen LogP contribution is 2.31. The molecular formula is C24H28N4O2S. The van der Waals surface area contributed by atoms with Crippen molar-refractivity contribution < 1.29 is 9.59 Å². The summed E-state index contributed by atoms with van der Waals surface area (Å²) >= 11 is 1.43. The summed E-state index contributed by atoms with van der Waals surface area (Å²) < 4.78 is 2.31. The van der Waals surface area contributed by atoms with Crippen LogP contribution in [-0.4, -0.2) is 21.4 Å². The van der Waals surface area contributed by atoms with Crippen LogP contribution in [0.25, 0.3) is 11.3 Å². The van der Waals surface area contributed by atoms with Crippen LogP contribution in [0.1, 0.15) is 43.1 Å². The van der Waals surface area contributed by atoms with Gasteiger partial charge >= 0.3 is 0 Å². The average molecular weight is 437 g/mol. The van der Waals surface area contributed by atoms with Crippen molar-refractivity contribution in [2.24, 2.45) is 5.92 Å². The van der Waals surface area contributed by atoms with Gasteiger partial charge < -0.3 is 15.2 Å². The lowest BCUT2D eigenvalue weighted by Gasteiger charge is -2.24. The number of aryl methyl sites for hydroxylation is 1. The van der Waals surface area contributed by atoms with Crippen LogP contribution in [0, 0.1) is 19.8 Å². The van der Waals surface area contributed by atoms with E-state index in [0.29, 0.717) is 24.4 Å². The van der Waals surface area contributed by atoms with E-state index >= 15 is 0 Å².